The molecule has 28 heavy (non-hydrogen) atoms. The quantitative estimate of drug-likeness (QED) is 0.788. The van der Waals surface area contributed by atoms with Gasteiger partial charge in [0.05, 0.1) is 12.7 Å². The highest BCUT2D eigenvalue weighted by atomic mass is 16.5. The largest absolute Gasteiger partial charge is 0.497 e. The summed E-state index contributed by atoms with van der Waals surface area (Å²) in [5, 5.41) is 12.0. The van der Waals surface area contributed by atoms with E-state index >= 15 is 0 Å². The summed E-state index contributed by atoms with van der Waals surface area (Å²) in [7, 11) is 5.87. The summed E-state index contributed by atoms with van der Waals surface area (Å²) in [6, 6.07) is 16.6. The number of ether oxygens (including phenoxy) is 1. The van der Waals surface area contributed by atoms with Crippen molar-refractivity contribution in [2.45, 2.75) is 38.2 Å². The van der Waals surface area contributed by atoms with Crippen molar-refractivity contribution >= 4 is 6.08 Å². The van der Waals surface area contributed by atoms with Gasteiger partial charge < -0.3 is 14.7 Å². The molecule has 0 aromatic heterocycles. The SMILES string of the molecule is COc1ccc(/C=C2\CCCC(CN(C)C)C2(O)Cc2cccc(C)c2)cc1. The van der Waals surface area contributed by atoms with Crippen LogP contribution in [-0.4, -0.2) is 43.4 Å². The number of benzene rings is 2. The first-order chi connectivity index (χ1) is 13.4. The highest BCUT2D eigenvalue weighted by Gasteiger charge is 2.42. The smallest absolute Gasteiger partial charge is 0.118 e. The van der Waals surface area contributed by atoms with Gasteiger partial charge in [0.1, 0.15) is 5.75 Å². The first-order valence-electron chi connectivity index (χ1n) is 10.2. The molecule has 0 saturated heterocycles. The van der Waals surface area contributed by atoms with Crippen LogP contribution < -0.4 is 4.74 Å². The van der Waals surface area contributed by atoms with Crippen molar-refractivity contribution in [2.75, 3.05) is 27.7 Å². The molecule has 1 aliphatic rings. The molecular formula is C25H33NO2. The summed E-state index contributed by atoms with van der Waals surface area (Å²) in [6.07, 6.45) is 5.97. The molecule has 1 N–H and O–H groups in total. The van der Waals surface area contributed by atoms with E-state index < -0.39 is 5.60 Å². The number of hydrogen-bond donors (Lipinski definition) is 1. The molecule has 150 valence electrons. The lowest BCUT2D eigenvalue weighted by Crippen LogP contribution is -2.48. The Morgan fingerprint density at radius 2 is 1.93 bits per heavy atom. The molecule has 0 heterocycles. The van der Waals surface area contributed by atoms with Gasteiger partial charge in [-0.1, -0.05) is 48.0 Å². The summed E-state index contributed by atoms with van der Waals surface area (Å²) in [4.78, 5) is 2.20. The molecule has 0 bridgehead atoms. The van der Waals surface area contributed by atoms with E-state index in [1.165, 1.54) is 11.1 Å². The summed E-state index contributed by atoms with van der Waals surface area (Å²) >= 11 is 0. The summed E-state index contributed by atoms with van der Waals surface area (Å²) in [5.41, 5.74) is 3.88. The Hall–Kier alpha value is -2.10. The van der Waals surface area contributed by atoms with Crippen LogP contribution in [-0.2, 0) is 6.42 Å². The van der Waals surface area contributed by atoms with E-state index in [1.807, 2.05) is 12.1 Å². The molecule has 2 aromatic carbocycles. The number of nitrogens with zero attached hydrogens (tertiary/aromatic N) is 1. The van der Waals surface area contributed by atoms with Crippen molar-refractivity contribution in [3.05, 3.63) is 70.8 Å². The van der Waals surface area contributed by atoms with E-state index in [2.05, 4.69) is 68.4 Å². The third-order valence-corrected chi connectivity index (χ3v) is 5.83. The maximum absolute atomic E-state index is 12.0. The minimum absolute atomic E-state index is 0.223. The Bertz CT molecular complexity index is 810. The lowest BCUT2D eigenvalue weighted by molar-refractivity contribution is -0.0123. The maximum Gasteiger partial charge on any atom is 0.118 e. The van der Waals surface area contributed by atoms with Gasteiger partial charge in [0, 0.05) is 18.9 Å². The Morgan fingerprint density at radius 3 is 2.57 bits per heavy atom. The second-order valence-electron chi connectivity index (χ2n) is 8.38. The van der Waals surface area contributed by atoms with Crippen molar-refractivity contribution in [1.29, 1.82) is 0 Å². The van der Waals surface area contributed by atoms with E-state index in [0.29, 0.717) is 6.42 Å². The fourth-order valence-corrected chi connectivity index (χ4v) is 4.43. The predicted octanol–water partition coefficient (Wildman–Crippen LogP) is 4.72. The van der Waals surface area contributed by atoms with Gasteiger partial charge in [-0.25, -0.2) is 0 Å². The monoisotopic (exact) mass is 379 g/mol. The average molecular weight is 380 g/mol. The lowest BCUT2D eigenvalue weighted by atomic mass is 9.68. The predicted molar refractivity (Wildman–Crippen MR) is 117 cm³/mol. The molecule has 2 aromatic rings. The number of aliphatic hydroxyl groups is 1. The van der Waals surface area contributed by atoms with Crippen LogP contribution in [0.25, 0.3) is 6.08 Å². The molecule has 1 aliphatic carbocycles. The molecule has 0 radical (unpaired) electrons. The second-order valence-corrected chi connectivity index (χ2v) is 8.38. The van der Waals surface area contributed by atoms with Gasteiger partial charge in [0.2, 0.25) is 0 Å². The van der Waals surface area contributed by atoms with E-state index in [9.17, 15) is 5.11 Å². The zero-order valence-corrected chi connectivity index (χ0v) is 17.6. The number of aryl methyl sites for hydroxylation is 1. The Balaban J connectivity index is 1.97. The van der Waals surface area contributed by atoms with E-state index in [0.717, 1.165) is 42.7 Å². The van der Waals surface area contributed by atoms with E-state index in [4.69, 9.17) is 4.74 Å². The van der Waals surface area contributed by atoms with Crippen LogP contribution in [0.1, 0.15) is 36.0 Å². The summed E-state index contributed by atoms with van der Waals surface area (Å²) < 4.78 is 5.28. The first-order valence-corrected chi connectivity index (χ1v) is 10.2. The van der Waals surface area contributed by atoms with Crippen LogP contribution in [0.4, 0.5) is 0 Å². The molecule has 0 amide bonds. The number of hydrogen-bond acceptors (Lipinski definition) is 3. The third kappa shape index (κ3) is 4.84. The van der Waals surface area contributed by atoms with Gasteiger partial charge in [-0.3, -0.25) is 0 Å². The van der Waals surface area contributed by atoms with Gasteiger partial charge >= 0.3 is 0 Å². The molecule has 1 fully saturated rings. The molecule has 0 spiro atoms. The summed E-state index contributed by atoms with van der Waals surface area (Å²) in [6.45, 7) is 3.00. The Kier molecular flexibility index (Phi) is 6.58. The zero-order valence-electron chi connectivity index (χ0n) is 17.6. The Morgan fingerprint density at radius 1 is 1.18 bits per heavy atom. The van der Waals surface area contributed by atoms with Crippen LogP contribution in [0.2, 0.25) is 0 Å². The highest BCUT2D eigenvalue weighted by molar-refractivity contribution is 5.57. The third-order valence-electron chi connectivity index (χ3n) is 5.83. The molecule has 1 saturated carbocycles. The molecule has 2 unspecified atom stereocenters. The van der Waals surface area contributed by atoms with E-state index in [-0.39, 0.29) is 5.92 Å². The average Bonchev–Trinajstić information content (AvgIpc) is 2.65. The highest BCUT2D eigenvalue weighted by Crippen LogP contribution is 2.42. The lowest BCUT2D eigenvalue weighted by Gasteiger charge is -2.43. The van der Waals surface area contributed by atoms with Crippen molar-refractivity contribution < 1.29 is 9.84 Å². The minimum Gasteiger partial charge on any atom is -0.497 e. The first kappa shape index (κ1) is 20.6. The topological polar surface area (TPSA) is 32.7 Å². The minimum atomic E-state index is -0.823. The Labute approximate surface area is 169 Å². The van der Waals surface area contributed by atoms with Crippen LogP contribution in [0, 0.1) is 12.8 Å². The van der Waals surface area contributed by atoms with Crippen LogP contribution >= 0.6 is 0 Å². The number of rotatable bonds is 6. The summed E-state index contributed by atoms with van der Waals surface area (Å²) in [5.74, 6) is 1.08. The number of methoxy groups -OCH3 is 1. The van der Waals surface area contributed by atoms with Gasteiger partial charge in [-0.15, -0.1) is 0 Å². The normalized spacial score (nSPS) is 23.9. The van der Waals surface area contributed by atoms with Crippen molar-refractivity contribution in [1.82, 2.24) is 4.90 Å². The van der Waals surface area contributed by atoms with Crippen molar-refractivity contribution in [2.24, 2.45) is 5.92 Å². The molecule has 3 rings (SSSR count). The van der Waals surface area contributed by atoms with Gasteiger partial charge in [-0.2, -0.15) is 0 Å². The van der Waals surface area contributed by atoms with Crippen LogP contribution in [0.15, 0.2) is 54.1 Å². The fraction of sp³-hybridized carbons (Fsp3) is 0.440. The van der Waals surface area contributed by atoms with Crippen molar-refractivity contribution in [3.8, 4) is 5.75 Å². The maximum atomic E-state index is 12.0. The van der Waals surface area contributed by atoms with Crippen LogP contribution in [0.5, 0.6) is 5.75 Å². The van der Waals surface area contributed by atoms with Gasteiger partial charge in [-0.05, 0) is 69.1 Å². The molecular weight excluding hydrogens is 346 g/mol. The molecule has 0 aliphatic heterocycles. The van der Waals surface area contributed by atoms with Crippen molar-refractivity contribution in [3.63, 3.8) is 0 Å². The van der Waals surface area contributed by atoms with E-state index in [1.54, 1.807) is 7.11 Å². The standard InChI is InChI=1S/C25H33NO2/c1-19-7-5-8-21(15-19)17-25(27)22(9-6-10-23(25)18-26(2)3)16-20-11-13-24(28-4)14-12-20/h5,7-8,11-16,23,27H,6,9-10,17-18H2,1-4H3/b22-16+. The molecule has 3 nitrogen and oxygen atoms in total. The zero-order chi connectivity index (χ0) is 20.1. The van der Waals surface area contributed by atoms with Crippen LogP contribution in [0.3, 0.4) is 0 Å². The second kappa shape index (κ2) is 8.93. The van der Waals surface area contributed by atoms with Gasteiger partial charge in [0.15, 0.2) is 0 Å². The fourth-order valence-electron chi connectivity index (χ4n) is 4.43. The molecule has 3 heteroatoms. The molecule has 2 atom stereocenters. The van der Waals surface area contributed by atoms with Gasteiger partial charge in [0.25, 0.3) is 0 Å².